The molecule has 0 aromatic carbocycles. The van der Waals surface area contributed by atoms with Crippen LogP contribution in [-0.2, 0) is 14.9 Å². The van der Waals surface area contributed by atoms with E-state index in [2.05, 4.69) is 0 Å². The molecule has 0 amide bonds. The number of hydrogen-bond acceptors (Lipinski definition) is 4. The van der Waals surface area contributed by atoms with E-state index in [-0.39, 0.29) is 12.5 Å². The molecule has 7 heteroatoms. The minimum Gasteiger partial charge on any atom is -0.481 e. The molecule has 0 radical (unpaired) electrons. The molecular formula is C5H13NO5S. The highest BCUT2D eigenvalue weighted by Gasteiger charge is 1.98. The molecule has 74 valence electrons. The molecule has 0 heterocycles. The fourth-order valence-corrected chi connectivity index (χ4v) is 0.275. The van der Waals surface area contributed by atoms with Crippen LogP contribution in [0.15, 0.2) is 0 Å². The summed E-state index contributed by atoms with van der Waals surface area (Å²) in [5.74, 6) is -0.838. The molecule has 0 saturated carbocycles. The van der Waals surface area contributed by atoms with Gasteiger partial charge in [-0.15, -0.1) is 0 Å². The number of hydrogen-bond donors (Lipinski definition) is 3. The number of carboxylic acid groups (broad SMARTS) is 1. The molecule has 0 saturated heterocycles. The maximum absolute atomic E-state index is 9.73. The molecule has 0 bridgehead atoms. The van der Waals surface area contributed by atoms with Crippen molar-refractivity contribution < 1.29 is 22.9 Å². The van der Waals surface area contributed by atoms with Crippen LogP contribution in [0, 0.1) is 0 Å². The zero-order valence-electron chi connectivity index (χ0n) is 6.89. The van der Waals surface area contributed by atoms with Crippen molar-refractivity contribution in [2.24, 2.45) is 5.73 Å². The SMILES string of the molecule is CC(N)CC(=O)O.CS(=O)(=O)O. The van der Waals surface area contributed by atoms with E-state index in [0.717, 1.165) is 0 Å². The van der Waals surface area contributed by atoms with Crippen LogP contribution in [0.2, 0.25) is 0 Å². The van der Waals surface area contributed by atoms with Crippen molar-refractivity contribution in [3.05, 3.63) is 0 Å². The number of rotatable bonds is 2. The first kappa shape index (κ1) is 13.9. The van der Waals surface area contributed by atoms with Crippen molar-refractivity contribution in [2.45, 2.75) is 19.4 Å². The van der Waals surface area contributed by atoms with Crippen LogP contribution in [0.25, 0.3) is 0 Å². The Hall–Kier alpha value is -0.660. The van der Waals surface area contributed by atoms with Gasteiger partial charge in [0.25, 0.3) is 10.1 Å². The molecule has 0 aliphatic rings. The molecule has 0 fully saturated rings. The lowest BCUT2D eigenvalue weighted by molar-refractivity contribution is -0.137. The van der Waals surface area contributed by atoms with E-state index < -0.39 is 16.1 Å². The van der Waals surface area contributed by atoms with Gasteiger partial charge in [-0.1, -0.05) is 0 Å². The fourth-order valence-electron chi connectivity index (χ4n) is 0.275. The van der Waals surface area contributed by atoms with Gasteiger partial charge in [-0.2, -0.15) is 8.42 Å². The van der Waals surface area contributed by atoms with Crippen LogP contribution < -0.4 is 5.73 Å². The van der Waals surface area contributed by atoms with Crippen LogP contribution in [-0.4, -0.2) is 36.3 Å². The predicted octanol–water partition coefficient (Wildman–Crippen LogP) is -0.688. The van der Waals surface area contributed by atoms with Gasteiger partial charge in [-0.3, -0.25) is 9.35 Å². The van der Waals surface area contributed by atoms with Gasteiger partial charge in [0.05, 0.1) is 12.7 Å². The maximum atomic E-state index is 9.73. The van der Waals surface area contributed by atoms with E-state index in [4.69, 9.17) is 15.4 Å². The lowest BCUT2D eigenvalue weighted by atomic mass is 10.3. The van der Waals surface area contributed by atoms with Crippen molar-refractivity contribution in [1.82, 2.24) is 0 Å². The van der Waals surface area contributed by atoms with E-state index in [1.807, 2.05) is 0 Å². The molecule has 0 aliphatic carbocycles. The first-order chi connectivity index (χ1) is 5.13. The zero-order valence-corrected chi connectivity index (χ0v) is 7.71. The second kappa shape index (κ2) is 5.92. The third kappa shape index (κ3) is 58.2. The molecule has 4 N–H and O–H groups in total. The van der Waals surface area contributed by atoms with Crippen molar-refractivity contribution >= 4 is 16.1 Å². The normalized spacial score (nSPS) is 12.7. The highest BCUT2D eigenvalue weighted by atomic mass is 32.2. The molecular weight excluding hydrogens is 186 g/mol. The summed E-state index contributed by atoms with van der Waals surface area (Å²) in [7, 11) is -3.67. The Labute approximate surface area is 71.1 Å². The molecule has 1 unspecified atom stereocenters. The van der Waals surface area contributed by atoms with Gasteiger partial charge in [0.15, 0.2) is 0 Å². The molecule has 12 heavy (non-hydrogen) atoms. The molecule has 0 spiro atoms. The average Bonchev–Trinajstić information content (AvgIpc) is 1.52. The molecule has 0 aliphatic heterocycles. The van der Waals surface area contributed by atoms with Gasteiger partial charge < -0.3 is 10.8 Å². The third-order valence-corrected chi connectivity index (χ3v) is 0.497. The van der Waals surface area contributed by atoms with Crippen molar-refractivity contribution in [3.63, 3.8) is 0 Å². The number of carbonyl (C=O) groups is 1. The molecule has 0 aromatic rings. The van der Waals surface area contributed by atoms with E-state index >= 15 is 0 Å². The smallest absolute Gasteiger partial charge is 0.304 e. The second-order valence-corrected chi connectivity index (χ2v) is 3.77. The molecule has 0 aromatic heterocycles. The van der Waals surface area contributed by atoms with Crippen LogP contribution in [0.3, 0.4) is 0 Å². The van der Waals surface area contributed by atoms with Gasteiger partial charge in [-0.25, -0.2) is 0 Å². The fraction of sp³-hybridized carbons (Fsp3) is 0.800. The summed E-state index contributed by atoms with van der Waals surface area (Å²) in [6.07, 6.45) is 0.771. The second-order valence-electron chi connectivity index (χ2n) is 2.31. The Kier molecular flexibility index (Phi) is 6.86. The van der Waals surface area contributed by atoms with E-state index in [9.17, 15) is 13.2 Å². The summed E-state index contributed by atoms with van der Waals surface area (Å²) in [4.78, 5) is 9.73. The lowest BCUT2D eigenvalue weighted by Gasteiger charge is -1.95. The van der Waals surface area contributed by atoms with Gasteiger partial charge in [0, 0.05) is 6.04 Å². The monoisotopic (exact) mass is 199 g/mol. The Balaban J connectivity index is 0. The Bertz CT molecular complexity index is 212. The van der Waals surface area contributed by atoms with Gasteiger partial charge >= 0.3 is 5.97 Å². The zero-order chi connectivity index (χ0) is 10.4. The molecule has 0 rings (SSSR count). The number of carboxylic acids is 1. The summed E-state index contributed by atoms with van der Waals surface area (Å²) >= 11 is 0. The van der Waals surface area contributed by atoms with Crippen LogP contribution in [0.1, 0.15) is 13.3 Å². The summed E-state index contributed by atoms with van der Waals surface area (Å²) in [6.45, 7) is 1.66. The predicted molar refractivity (Wildman–Crippen MR) is 43.4 cm³/mol. The molecule has 1 atom stereocenters. The van der Waals surface area contributed by atoms with Crippen molar-refractivity contribution in [2.75, 3.05) is 6.26 Å². The van der Waals surface area contributed by atoms with Crippen LogP contribution >= 0.6 is 0 Å². The number of nitrogens with two attached hydrogens (primary N) is 1. The first-order valence-corrected chi connectivity index (χ1v) is 4.87. The van der Waals surface area contributed by atoms with E-state index in [1.54, 1.807) is 6.92 Å². The first-order valence-electron chi connectivity index (χ1n) is 3.02. The van der Waals surface area contributed by atoms with Gasteiger partial charge in [0.1, 0.15) is 0 Å². The van der Waals surface area contributed by atoms with E-state index in [1.165, 1.54) is 0 Å². The van der Waals surface area contributed by atoms with Gasteiger partial charge in [0.2, 0.25) is 0 Å². The van der Waals surface area contributed by atoms with E-state index in [0.29, 0.717) is 6.26 Å². The largest absolute Gasteiger partial charge is 0.481 e. The van der Waals surface area contributed by atoms with Crippen molar-refractivity contribution in [1.29, 1.82) is 0 Å². The van der Waals surface area contributed by atoms with Crippen LogP contribution in [0.5, 0.6) is 0 Å². The quantitative estimate of drug-likeness (QED) is 0.507. The third-order valence-electron chi connectivity index (χ3n) is 0.497. The minimum absolute atomic E-state index is 0.0556. The Morgan fingerprint density at radius 1 is 1.58 bits per heavy atom. The highest BCUT2D eigenvalue weighted by Crippen LogP contribution is 1.82. The molecule has 6 nitrogen and oxygen atoms in total. The number of aliphatic carboxylic acids is 1. The topological polar surface area (TPSA) is 118 Å². The van der Waals surface area contributed by atoms with Crippen molar-refractivity contribution in [3.8, 4) is 0 Å². The Morgan fingerprint density at radius 2 is 1.83 bits per heavy atom. The average molecular weight is 199 g/mol. The lowest BCUT2D eigenvalue weighted by Crippen LogP contribution is -2.18. The van der Waals surface area contributed by atoms with Crippen LogP contribution in [0.4, 0.5) is 0 Å². The highest BCUT2D eigenvalue weighted by molar-refractivity contribution is 7.85. The summed E-state index contributed by atoms with van der Waals surface area (Å²) < 4.78 is 25.9. The minimum atomic E-state index is -3.67. The maximum Gasteiger partial charge on any atom is 0.304 e. The van der Waals surface area contributed by atoms with Gasteiger partial charge in [-0.05, 0) is 6.92 Å². The summed E-state index contributed by atoms with van der Waals surface area (Å²) in [6, 6.07) is -0.225. The standard InChI is InChI=1S/C4H9NO2.CH4O3S/c1-3(5)2-4(6)7;1-5(2,3)4/h3H,2,5H2,1H3,(H,6,7);1H3,(H,2,3,4). The summed E-state index contributed by atoms with van der Waals surface area (Å²) in [5.41, 5.74) is 5.11. The summed E-state index contributed by atoms with van der Waals surface area (Å²) in [5, 5.41) is 8.00. The Morgan fingerprint density at radius 3 is 1.83 bits per heavy atom.